The number of hydrogen-bond acceptors (Lipinski definition) is 5. The lowest BCUT2D eigenvalue weighted by Gasteiger charge is -2.38. The van der Waals surface area contributed by atoms with Gasteiger partial charge in [-0.2, -0.15) is 0 Å². The molecular formula is C25H32ClN5O3S. The zero-order chi connectivity index (χ0) is 24.9. The molecule has 2 aliphatic heterocycles. The topological polar surface area (TPSA) is 77.1 Å². The Morgan fingerprint density at radius 2 is 1.86 bits per heavy atom. The molecule has 1 aromatic heterocycles. The molecule has 0 bridgehead atoms. The van der Waals surface area contributed by atoms with Crippen LogP contribution in [0.3, 0.4) is 0 Å². The van der Waals surface area contributed by atoms with Crippen molar-refractivity contribution in [3.05, 3.63) is 45.8 Å². The zero-order valence-corrected chi connectivity index (χ0v) is 22.1. The third kappa shape index (κ3) is 4.72. The SMILES string of the molecule is Cc1cc(C2CC2)cnc1N1CCN(C(=O)C2=C(N3CCN(S(C)=O)C3=O)C=C(Cl)CC2C)CC1. The van der Waals surface area contributed by atoms with E-state index in [0.29, 0.717) is 67.9 Å². The van der Waals surface area contributed by atoms with Gasteiger partial charge in [0.15, 0.2) is 0 Å². The molecule has 3 fully saturated rings. The molecule has 2 atom stereocenters. The van der Waals surface area contributed by atoms with Crippen LogP contribution in [0.5, 0.6) is 0 Å². The van der Waals surface area contributed by atoms with E-state index in [4.69, 9.17) is 16.6 Å². The molecule has 188 valence electrons. The Balaban J connectivity index is 1.33. The van der Waals surface area contributed by atoms with E-state index in [1.165, 1.54) is 34.5 Å². The van der Waals surface area contributed by atoms with Gasteiger partial charge < -0.3 is 9.80 Å². The first-order chi connectivity index (χ1) is 16.7. The standard InChI is InChI=1S/C25H32ClN5O3S/c1-16-13-20(26)14-21(30-10-11-31(25(30)33)35(3)34)22(16)24(32)29-8-6-28(7-9-29)23-17(2)12-19(15-27-23)18-4-5-18/h12,14-16,18H,4-11,13H2,1-3H3. The highest BCUT2D eigenvalue weighted by Gasteiger charge is 2.39. The van der Waals surface area contributed by atoms with Gasteiger partial charge in [0.1, 0.15) is 16.8 Å². The number of hydrogen-bond donors (Lipinski definition) is 0. The smallest absolute Gasteiger partial charge is 0.336 e. The zero-order valence-electron chi connectivity index (χ0n) is 20.5. The minimum Gasteiger partial charge on any atom is -0.353 e. The normalized spacial score (nSPS) is 24.3. The van der Waals surface area contributed by atoms with Crippen LogP contribution >= 0.6 is 11.6 Å². The third-order valence-corrected chi connectivity index (χ3v) is 8.58. The number of aryl methyl sites for hydroxylation is 1. The van der Waals surface area contributed by atoms with Gasteiger partial charge in [0, 0.05) is 55.8 Å². The number of pyridine rings is 1. The van der Waals surface area contributed by atoms with E-state index in [2.05, 4.69) is 17.9 Å². The Morgan fingerprint density at radius 1 is 1.14 bits per heavy atom. The summed E-state index contributed by atoms with van der Waals surface area (Å²) in [5.41, 5.74) is 3.68. The number of halogens is 1. The van der Waals surface area contributed by atoms with Crippen LogP contribution in [-0.4, -0.2) is 80.8 Å². The minimum absolute atomic E-state index is 0.0507. The number of piperazine rings is 1. The molecule has 0 aromatic carbocycles. The Labute approximate surface area is 214 Å². The summed E-state index contributed by atoms with van der Waals surface area (Å²) in [6, 6.07) is 1.91. The van der Waals surface area contributed by atoms with E-state index in [-0.39, 0.29) is 17.9 Å². The summed E-state index contributed by atoms with van der Waals surface area (Å²) in [7, 11) is -1.41. The van der Waals surface area contributed by atoms with E-state index in [0.717, 1.165) is 5.82 Å². The van der Waals surface area contributed by atoms with Crippen molar-refractivity contribution in [2.75, 3.05) is 50.4 Å². The van der Waals surface area contributed by atoms with Crippen molar-refractivity contribution in [1.29, 1.82) is 0 Å². The number of carbonyl (C=O) groups excluding carboxylic acids is 2. The number of aromatic nitrogens is 1. The first-order valence-electron chi connectivity index (χ1n) is 12.3. The first kappa shape index (κ1) is 24.3. The molecule has 0 N–H and O–H groups in total. The van der Waals surface area contributed by atoms with Gasteiger partial charge in [-0.1, -0.05) is 24.6 Å². The molecule has 35 heavy (non-hydrogen) atoms. The fourth-order valence-corrected chi connectivity index (χ4v) is 6.30. The molecule has 8 nitrogen and oxygen atoms in total. The molecule has 3 heterocycles. The summed E-state index contributed by atoms with van der Waals surface area (Å²) in [5, 5.41) is 0.619. The van der Waals surface area contributed by atoms with E-state index < -0.39 is 11.0 Å². The second-order valence-electron chi connectivity index (χ2n) is 9.92. The Morgan fingerprint density at radius 3 is 2.46 bits per heavy atom. The summed E-state index contributed by atoms with van der Waals surface area (Å²) < 4.78 is 13.3. The predicted octanol–water partition coefficient (Wildman–Crippen LogP) is 3.36. The van der Waals surface area contributed by atoms with Gasteiger partial charge in [-0.15, -0.1) is 0 Å². The Kier molecular flexibility index (Phi) is 6.65. The summed E-state index contributed by atoms with van der Waals surface area (Å²) in [5.74, 6) is 1.52. The number of allylic oxidation sites excluding steroid dienone is 2. The molecule has 4 aliphatic rings. The van der Waals surface area contributed by atoms with E-state index in [1.807, 2.05) is 18.0 Å². The van der Waals surface area contributed by atoms with Crippen molar-refractivity contribution in [2.45, 2.75) is 39.0 Å². The van der Waals surface area contributed by atoms with Crippen LogP contribution in [0, 0.1) is 12.8 Å². The number of nitrogens with zero attached hydrogens (tertiary/aromatic N) is 5. The molecule has 0 radical (unpaired) electrons. The van der Waals surface area contributed by atoms with Crippen molar-refractivity contribution in [3.8, 4) is 0 Å². The number of anilines is 1. The van der Waals surface area contributed by atoms with Crippen molar-refractivity contribution in [3.63, 3.8) is 0 Å². The lowest BCUT2D eigenvalue weighted by molar-refractivity contribution is -0.128. The molecule has 3 amide bonds. The first-order valence-corrected chi connectivity index (χ1v) is 14.2. The summed E-state index contributed by atoms with van der Waals surface area (Å²) in [6.45, 7) is 7.42. The maximum absolute atomic E-state index is 13.7. The lowest BCUT2D eigenvalue weighted by atomic mass is 9.89. The largest absolute Gasteiger partial charge is 0.353 e. The van der Waals surface area contributed by atoms with Crippen LogP contribution in [0.25, 0.3) is 0 Å². The molecule has 2 saturated heterocycles. The second kappa shape index (κ2) is 9.58. The van der Waals surface area contributed by atoms with Crippen molar-refractivity contribution in [2.24, 2.45) is 5.92 Å². The van der Waals surface area contributed by atoms with Crippen LogP contribution in [0.2, 0.25) is 0 Å². The summed E-state index contributed by atoms with van der Waals surface area (Å²) in [4.78, 5) is 37.1. The highest BCUT2D eigenvalue weighted by Crippen LogP contribution is 2.41. The molecule has 1 saturated carbocycles. The van der Waals surface area contributed by atoms with Gasteiger partial charge in [-0.05, 0) is 55.2 Å². The Hall–Kier alpha value is -2.39. The predicted molar refractivity (Wildman–Crippen MR) is 137 cm³/mol. The monoisotopic (exact) mass is 517 g/mol. The average Bonchev–Trinajstić information content (AvgIpc) is 3.60. The number of rotatable bonds is 5. The number of amides is 3. The Bertz CT molecular complexity index is 1140. The fraction of sp³-hybridized carbons (Fsp3) is 0.560. The molecule has 2 aliphatic carbocycles. The van der Waals surface area contributed by atoms with Crippen LogP contribution in [0.4, 0.5) is 10.6 Å². The second-order valence-corrected chi connectivity index (χ2v) is 11.7. The summed E-state index contributed by atoms with van der Waals surface area (Å²) in [6.07, 6.45) is 8.32. The molecular weight excluding hydrogens is 486 g/mol. The average molecular weight is 518 g/mol. The minimum atomic E-state index is -1.41. The number of carbonyl (C=O) groups is 2. The van der Waals surface area contributed by atoms with Crippen LogP contribution in [0.1, 0.15) is 43.2 Å². The van der Waals surface area contributed by atoms with Crippen molar-refractivity contribution < 1.29 is 13.8 Å². The van der Waals surface area contributed by atoms with Crippen molar-refractivity contribution in [1.82, 2.24) is 19.1 Å². The lowest BCUT2D eigenvalue weighted by Crippen LogP contribution is -2.50. The fourth-order valence-electron chi connectivity index (χ4n) is 5.31. The highest BCUT2D eigenvalue weighted by atomic mass is 35.5. The van der Waals surface area contributed by atoms with Gasteiger partial charge in [0.05, 0.1) is 12.2 Å². The van der Waals surface area contributed by atoms with E-state index in [1.54, 1.807) is 11.0 Å². The van der Waals surface area contributed by atoms with Crippen LogP contribution in [-0.2, 0) is 15.8 Å². The number of urea groups is 1. The van der Waals surface area contributed by atoms with Crippen molar-refractivity contribution >= 4 is 40.3 Å². The summed E-state index contributed by atoms with van der Waals surface area (Å²) >= 11 is 6.40. The molecule has 2 unspecified atom stereocenters. The van der Waals surface area contributed by atoms with Gasteiger partial charge >= 0.3 is 6.03 Å². The van der Waals surface area contributed by atoms with Gasteiger partial charge in [-0.25, -0.2) is 18.3 Å². The molecule has 1 aromatic rings. The van der Waals surface area contributed by atoms with Crippen LogP contribution < -0.4 is 4.90 Å². The third-order valence-electron chi connectivity index (χ3n) is 7.35. The van der Waals surface area contributed by atoms with Gasteiger partial charge in [0.25, 0.3) is 5.91 Å². The van der Waals surface area contributed by atoms with Gasteiger partial charge in [0.2, 0.25) is 0 Å². The van der Waals surface area contributed by atoms with Crippen LogP contribution in [0.15, 0.2) is 34.6 Å². The molecule has 0 spiro atoms. The maximum Gasteiger partial charge on any atom is 0.336 e. The van der Waals surface area contributed by atoms with E-state index in [9.17, 15) is 13.8 Å². The van der Waals surface area contributed by atoms with E-state index >= 15 is 0 Å². The molecule has 5 rings (SSSR count). The molecule has 10 heteroatoms. The highest BCUT2D eigenvalue weighted by molar-refractivity contribution is 7.82. The maximum atomic E-state index is 13.7. The van der Waals surface area contributed by atoms with Gasteiger partial charge in [-0.3, -0.25) is 9.69 Å². The quantitative estimate of drug-likeness (QED) is 0.598.